The zero-order valence-electron chi connectivity index (χ0n) is 17.6. The number of methoxy groups -OCH3 is 1. The van der Waals surface area contributed by atoms with Gasteiger partial charge >= 0.3 is 0 Å². The maximum atomic E-state index is 13.7. The van der Waals surface area contributed by atoms with E-state index in [4.69, 9.17) is 21.5 Å². The van der Waals surface area contributed by atoms with Crippen molar-refractivity contribution in [1.82, 2.24) is 20.4 Å². The number of hydrogen-bond acceptors (Lipinski definition) is 5. The number of thiocarbonyl (C=S) groups is 1. The van der Waals surface area contributed by atoms with Crippen LogP contribution in [0.15, 0.2) is 58.8 Å². The Morgan fingerprint density at radius 3 is 2.77 bits per heavy atom. The summed E-state index contributed by atoms with van der Waals surface area (Å²) in [5.74, 6) is 1.08. The summed E-state index contributed by atoms with van der Waals surface area (Å²) in [6, 6.07) is 13.6. The van der Waals surface area contributed by atoms with E-state index in [9.17, 15) is 4.39 Å². The predicted molar refractivity (Wildman–Crippen MR) is 121 cm³/mol. The molecule has 0 bridgehead atoms. The molecule has 2 aromatic carbocycles. The second-order valence-corrected chi connectivity index (χ2v) is 7.63. The number of rotatable bonds is 6. The van der Waals surface area contributed by atoms with Crippen LogP contribution in [0.1, 0.15) is 37.8 Å². The van der Waals surface area contributed by atoms with Crippen molar-refractivity contribution in [2.75, 3.05) is 13.7 Å². The van der Waals surface area contributed by atoms with Gasteiger partial charge in [-0.3, -0.25) is 0 Å². The first kappa shape index (κ1) is 21.0. The number of allylic oxidation sites excluding steroid dienone is 1. The molecule has 0 spiro atoms. The topological polar surface area (TPSA) is 63.4 Å². The van der Waals surface area contributed by atoms with Crippen molar-refractivity contribution in [2.45, 2.75) is 26.3 Å². The van der Waals surface area contributed by atoms with Crippen LogP contribution in [0.3, 0.4) is 0 Å². The predicted octanol–water partition coefficient (Wildman–Crippen LogP) is 4.96. The molecule has 0 amide bonds. The van der Waals surface area contributed by atoms with Crippen molar-refractivity contribution < 1.29 is 13.7 Å². The fraction of sp³-hybridized carbons (Fsp3) is 0.261. The SMILES string of the molecule is CCCN1C(=S)NC(c2cccc(OC)c2)C(c2nc(-c3cccc(F)c3)no2)=C1C. The van der Waals surface area contributed by atoms with Crippen molar-refractivity contribution in [3.8, 4) is 17.1 Å². The van der Waals surface area contributed by atoms with Crippen LogP contribution in [0.5, 0.6) is 5.75 Å². The van der Waals surface area contributed by atoms with Crippen molar-refractivity contribution >= 4 is 22.9 Å². The van der Waals surface area contributed by atoms with Gasteiger partial charge in [0.2, 0.25) is 5.82 Å². The highest BCUT2D eigenvalue weighted by Crippen LogP contribution is 2.38. The van der Waals surface area contributed by atoms with E-state index in [2.05, 4.69) is 22.4 Å². The Hall–Kier alpha value is -3.26. The van der Waals surface area contributed by atoms with Crippen LogP contribution in [0.25, 0.3) is 17.0 Å². The van der Waals surface area contributed by atoms with Gasteiger partial charge in [0.15, 0.2) is 5.11 Å². The number of hydrogen-bond donors (Lipinski definition) is 1. The van der Waals surface area contributed by atoms with Gasteiger partial charge in [-0.15, -0.1) is 0 Å². The molecule has 1 aromatic heterocycles. The maximum absolute atomic E-state index is 13.7. The molecule has 1 aliphatic heterocycles. The molecule has 0 aliphatic carbocycles. The van der Waals surface area contributed by atoms with E-state index in [1.807, 2.05) is 36.1 Å². The largest absolute Gasteiger partial charge is 0.497 e. The highest BCUT2D eigenvalue weighted by atomic mass is 32.1. The van der Waals surface area contributed by atoms with Crippen molar-refractivity contribution in [3.63, 3.8) is 0 Å². The number of ether oxygens (including phenoxy) is 1. The summed E-state index contributed by atoms with van der Waals surface area (Å²) >= 11 is 5.65. The highest BCUT2D eigenvalue weighted by molar-refractivity contribution is 7.80. The molecule has 1 N–H and O–H groups in total. The first-order valence-electron chi connectivity index (χ1n) is 10.0. The molecule has 1 unspecified atom stereocenters. The Morgan fingerprint density at radius 1 is 1.23 bits per heavy atom. The lowest BCUT2D eigenvalue weighted by atomic mass is 9.94. The first-order chi connectivity index (χ1) is 15.0. The quantitative estimate of drug-likeness (QED) is 0.546. The Bertz CT molecular complexity index is 1140. The van der Waals surface area contributed by atoms with Crippen molar-refractivity contribution in [3.05, 3.63) is 71.5 Å². The Morgan fingerprint density at radius 2 is 2.03 bits per heavy atom. The third-order valence-electron chi connectivity index (χ3n) is 5.21. The molecule has 31 heavy (non-hydrogen) atoms. The van der Waals surface area contributed by atoms with Gasteiger partial charge < -0.3 is 19.5 Å². The molecule has 6 nitrogen and oxygen atoms in total. The lowest BCUT2D eigenvalue weighted by Gasteiger charge is -2.37. The maximum Gasteiger partial charge on any atom is 0.258 e. The van der Waals surface area contributed by atoms with Gasteiger partial charge in [-0.2, -0.15) is 4.98 Å². The molecule has 1 aliphatic rings. The zero-order chi connectivity index (χ0) is 22.0. The fourth-order valence-electron chi connectivity index (χ4n) is 3.70. The molecular weight excluding hydrogens is 415 g/mol. The monoisotopic (exact) mass is 438 g/mol. The average molecular weight is 439 g/mol. The third-order valence-corrected chi connectivity index (χ3v) is 5.55. The van der Waals surface area contributed by atoms with E-state index in [0.29, 0.717) is 22.4 Å². The number of aromatic nitrogens is 2. The Kier molecular flexibility index (Phi) is 5.99. The highest BCUT2D eigenvalue weighted by Gasteiger charge is 2.34. The lowest BCUT2D eigenvalue weighted by Crippen LogP contribution is -2.46. The summed E-state index contributed by atoms with van der Waals surface area (Å²) < 4.78 is 24.7. The minimum absolute atomic E-state index is 0.295. The second-order valence-electron chi connectivity index (χ2n) is 7.24. The lowest BCUT2D eigenvalue weighted by molar-refractivity contribution is 0.396. The van der Waals surface area contributed by atoms with Crippen LogP contribution >= 0.6 is 12.2 Å². The third kappa shape index (κ3) is 4.16. The summed E-state index contributed by atoms with van der Waals surface area (Å²) in [7, 11) is 1.63. The number of nitrogens with one attached hydrogen (secondary N) is 1. The van der Waals surface area contributed by atoms with Crippen LogP contribution < -0.4 is 10.1 Å². The first-order valence-corrected chi connectivity index (χ1v) is 10.5. The molecule has 8 heteroatoms. The van der Waals surface area contributed by atoms with Gasteiger partial charge in [0, 0.05) is 17.8 Å². The van der Waals surface area contributed by atoms with E-state index in [1.54, 1.807) is 19.2 Å². The van der Waals surface area contributed by atoms with Crippen molar-refractivity contribution in [1.29, 1.82) is 0 Å². The molecule has 0 saturated heterocycles. The summed E-state index contributed by atoms with van der Waals surface area (Å²) in [6.07, 6.45) is 0.925. The smallest absolute Gasteiger partial charge is 0.258 e. The summed E-state index contributed by atoms with van der Waals surface area (Å²) in [4.78, 5) is 6.63. The van der Waals surface area contributed by atoms with Crippen LogP contribution in [0, 0.1) is 5.82 Å². The summed E-state index contributed by atoms with van der Waals surface area (Å²) in [5.41, 5.74) is 3.27. The van der Waals surface area contributed by atoms with E-state index in [-0.39, 0.29) is 11.9 Å². The normalized spacial score (nSPS) is 16.5. The molecule has 4 rings (SSSR count). The molecule has 0 fully saturated rings. The van der Waals surface area contributed by atoms with Crippen LogP contribution in [-0.2, 0) is 0 Å². The molecule has 3 aromatic rings. The van der Waals surface area contributed by atoms with E-state index in [1.165, 1.54) is 12.1 Å². The minimum atomic E-state index is -0.354. The molecule has 160 valence electrons. The molecule has 2 heterocycles. The van der Waals surface area contributed by atoms with Crippen LogP contribution in [0.4, 0.5) is 4.39 Å². The summed E-state index contributed by atoms with van der Waals surface area (Å²) in [6.45, 7) is 4.85. The standard InChI is InChI=1S/C23H23FN4O2S/c1-4-11-28-14(2)19(20(25-23(28)31)15-7-6-10-18(13-15)29-3)22-26-21(27-30-22)16-8-5-9-17(24)12-16/h5-10,12-13,20H,4,11H2,1-3H3,(H,25,31). The number of benzene rings is 2. The van der Waals surface area contributed by atoms with E-state index < -0.39 is 0 Å². The van der Waals surface area contributed by atoms with Gasteiger partial charge in [-0.25, -0.2) is 4.39 Å². The summed E-state index contributed by atoms with van der Waals surface area (Å²) in [5, 5.41) is 8.15. The number of nitrogens with zero attached hydrogens (tertiary/aromatic N) is 3. The average Bonchev–Trinajstić information content (AvgIpc) is 3.26. The Labute approximate surface area is 185 Å². The molecule has 1 atom stereocenters. The van der Waals surface area contributed by atoms with Crippen molar-refractivity contribution in [2.24, 2.45) is 0 Å². The van der Waals surface area contributed by atoms with Gasteiger partial charge in [-0.05, 0) is 55.4 Å². The molecule has 0 saturated carbocycles. The molecular formula is C23H23FN4O2S. The van der Waals surface area contributed by atoms with Crippen LogP contribution in [0.2, 0.25) is 0 Å². The van der Waals surface area contributed by atoms with E-state index in [0.717, 1.165) is 35.5 Å². The van der Waals surface area contributed by atoms with Crippen LogP contribution in [-0.4, -0.2) is 33.8 Å². The fourth-order valence-corrected chi connectivity index (χ4v) is 4.05. The van der Waals surface area contributed by atoms with Gasteiger partial charge in [0.25, 0.3) is 5.89 Å². The number of halogens is 1. The van der Waals surface area contributed by atoms with Gasteiger partial charge in [-0.1, -0.05) is 36.3 Å². The second kappa shape index (κ2) is 8.85. The zero-order valence-corrected chi connectivity index (χ0v) is 18.4. The van der Waals surface area contributed by atoms with Gasteiger partial charge in [0.1, 0.15) is 11.6 Å². The molecule has 0 radical (unpaired) electrons. The Balaban J connectivity index is 1.82. The van der Waals surface area contributed by atoms with Gasteiger partial charge in [0.05, 0.1) is 18.7 Å². The van der Waals surface area contributed by atoms with E-state index >= 15 is 0 Å². The minimum Gasteiger partial charge on any atom is -0.497 e.